The van der Waals surface area contributed by atoms with E-state index in [1.54, 1.807) is 30.1 Å². The first-order valence-electron chi connectivity index (χ1n) is 9.24. The molecule has 1 atom stereocenters. The van der Waals surface area contributed by atoms with Gasteiger partial charge < -0.3 is 9.64 Å². The standard InChI is InChI=1S/C21H26N2O4S/c1-15-5-8-19(9-6-15)27-12-11-22(3)21(24)17-7-10-20-18(14-17)13-16(2)23(20)28(4,25)26/h5-10,14,16H,11-13H2,1-4H3/t16-/m1/s1. The van der Waals surface area contributed by atoms with Crippen LogP contribution >= 0.6 is 0 Å². The second kappa shape index (κ2) is 7.83. The maximum Gasteiger partial charge on any atom is 0.253 e. The van der Waals surface area contributed by atoms with E-state index in [1.807, 2.05) is 38.1 Å². The fraction of sp³-hybridized carbons (Fsp3) is 0.381. The van der Waals surface area contributed by atoms with E-state index in [-0.39, 0.29) is 11.9 Å². The molecule has 1 amide bonds. The number of hydrogen-bond acceptors (Lipinski definition) is 4. The van der Waals surface area contributed by atoms with Crippen LogP contribution in [0.2, 0.25) is 0 Å². The molecule has 2 aromatic carbocycles. The van der Waals surface area contributed by atoms with Crippen LogP contribution in [0.3, 0.4) is 0 Å². The highest BCUT2D eigenvalue weighted by atomic mass is 32.2. The fourth-order valence-corrected chi connectivity index (χ4v) is 4.76. The van der Waals surface area contributed by atoms with Gasteiger partial charge in [-0.25, -0.2) is 8.42 Å². The summed E-state index contributed by atoms with van der Waals surface area (Å²) in [7, 11) is -1.60. The van der Waals surface area contributed by atoms with Crippen LogP contribution in [0.5, 0.6) is 5.75 Å². The van der Waals surface area contributed by atoms with E-state index in [2.05, 4.69) is 0 Å². The first-order valence-corrected chi connectivity index (χ1v) is 11.1. The lowest BCUT2D eigenvalue weighted by Crippen LogP contribution is -2.34. The number of sulfonamides is 1. The summed E-state index contributed by atoms with van der Waals surface area (Å²) in [4.78, 5) is 14.3. The minimum Gasteiger partial charge on any atom is -0.492 e. The first kappa shape index (κ1) is 20.2. The summed E-state index contributed by atoms with van der Waals surface area (Å²) in [5.41, 5.74) is 3.27. The number of anilines is 1. The molecule has 1 aliphatic heterocycles. The van der Waals surface area contributed by atoms with E-state index in [0.29, 0.717) is 30.8 Å². The van der Waals surface area contributed by atoms with Crippen LogP contribution in [-0.2, 0) is 16.4 Å². The summed E-state index contributed by atoms with van der Waals surface area (Å²) < 4.78 is 31.2. The van der Waals surface area contributed by atoms with Crippen molar-refractivity contribution in [3.05, 3.63) is 59.2 Å². The third kappa shape index (κ3) is 4.30. The van der Waals surface area contributed by atoms with E-state index < -0.39 is 10.0 Å². The Kier molecular flexibility index (Phi) is 5.65. The molecule has 0 unspecified atom stereocenters. The van der Waals surface area contributed by atoms with Crippen LogP contribution in [-0.4, -0.2) is 51.7 Å². The summed E-state index contributed by atoms with van der Waals surface area (Å²) in [6.45, 7) is 4.74. The van der Waals surface area contributed by atoms with Crippen LogP contribution in [0, 0.1) is 6.92 Å². The summed E-state index contributed by atoms with van der Waals surface area (Å²) in [6, 6.07) is 12.9. The smallest absolute Gasteiger partial charge is 0.253 e. The van der Waals surface area contributed by atoms with Crippen molar-refractivity contribution in [2.45, 2.75) is 26.3 Å². The summed E-state index contributed by atoms with van der Waals surface area (Å²) in [6.07, 6.45) is 1.81. The molecule has 0 saturated heterocycles. The van der Waals surface area contributed by atoms with E-state index in [0.717, 1.165) is 11.3 Å². The molecule has 1 heterocycles. The summed E-state index contributed by atoms with van der Waals surface area (Å²) >= 11 is 0. The number of aryl methyl sites for hydroxylation is 1. The van der Waals surface area contributed by atoms with Gasteiger partial charge in [0.2, 0.25) is 10.0 Å². The van der Waals surface area contributed by atoms with Crippen LogP contribution in [0.1, 0.15) is 28.4 Å². The molecule has 0 N–H and O–H groups in total. The largest absolute Gasteiger partial charge is 0.492 e. The Morgan fingerprint density at radius 1 is 1.21 bits per heavy atom. The molecule has 1 aliphatic rings. The molecule has 7 heteroatoms. The minimum atomic E-state index is -3.33. The number of nitrogens with zero attached hydrogens (tertiary/aromatic N) is 2. The lowest BCUT2D eigenvalue weighted by molar-refractivity contribution is 0.0773. The Balaban J connectivity index is 1.64. The number of benzene rings is 2. The van der Waals surface area contributed by atoms with Crippen molar-refractivity contribution < 1.29 is 17.9 Å². The van der Waals surface area contributed by atoms with Gasteiger partial charge in [0.1, 0.15) is 12.4 Å². The zero-order chi connectivity index (χ0) is 20.5. The average Bonchev–Trinajstić information content (AvgIpc) is 2.97. The summed E-state index contributed by atoms with van der Waals surface area (Å²) in [5, 5.41) is 0. The van der Waals surface area contributed by atoms with Gasteiger partial charge in [0, 0.05) is 18.7 Å². The maximum atomic E-state index is 12.7. The quantitative estimate of drug-likeness (QED) is 0.745. The number of fused-ring (bicyclic) bond motifs is 1. The number of likely N-dealkylation sites (N-methyl/N-ethyl adjacent to an activating group) is 1. The van der Waals surface area contributed by atoms with Gasteiger partial charge in [0.05, 0.1) is 18.5 Å². The van der Waals surface area contributed by atoms with Gasteiger partial charge in [0.15, 0.2) is 0 Å². The number of hydrogen-bond donors (Lipinski definition) is 0. The molecule has 28 heavy (non-hydrogen) atoms. The van der Waals surface area contributed by atoms with Gasteiger partial charge in [0.25, 0.3) is 5.91 Å². The van der Waals surface area contributed by atoms with E-state index in [9.17, 15) is 13.2 Å². The molecule has 0 aromatic heterocycles. The first-order chi connectivity index (χ1) is 13.2. The van der Waals surface area contributed by atoms with Gasteiger partial charge in [-0.15, -0.1) is 0 Å². The van der Waals surface area contributed by atoms with Crippen molar-refractivity contribution in [3.63, 3.8) is 0 Å². The Morgan fingerprint density at radius 2 is 1.89 bits per heavy atom. The number of carbonyl (C=O) groups is 1. The van der Waals surface area contributed by atoms with Crippen molar-refractivity contribution >= 4 is 21.6 Å². The highest BCUT2D eigenvalue weighted by Gasteiger charge is 2.33. The zero-order valence-corrected chi connectivity index (χ0v) is 17.5. The van der Waals surface area contributed by atoms with Gasteiger partial charge in [-0.3, -0.25) is 9.10 Å². The molecule has 0 spiro atoms. The van der Waals surface area contributed by atoms with Gasteiger partial charge in [-0.2, -0.15) is 0 Å². The van der Waals surface area contributed by atoms with Crippen molar-refractivity contribution in [2.24, 2.45) is 0 Å². The van der Waals surface area contributed by atoms with Crippen LogP contribution < -0.4 is 9.04 Å². The fourth-order valence-electron chi connectivity index (χ4n) is 3.50. The molecule has 0 saturated carbocycles. The van der Waals surface area contributed by atoms with E-state index in [4.69, 9.17) is 4.74 Å². The molecular weight excluding hydrogens is 376 g/mol. The van der Waals surface area contributed by atoms with Gasteiger partial charge in [-0.05, 0) is 56.2 Å². The lowest BCUT2D eigenvalue weighted by Gasteiger charge is -2.22. The maximum absolute atomic E-state index is 12.7. The molecule has 6 nitrogen and oxygen atoms in total. The van der Waals surface area contributed by atoms with Crippen molar-refractivity contribution in [3.8, 4) is 5.75 Å². The Labute approximate surface area is 166 Å². The third-order valence-electron chi connectivity index (χ3n) is 4.90. The topological polar surface area (TPSA) is 66.9 Å². The zero-order valence-electron chi connectivity index (χ0n) is 16.7. The molecular formula is C21H26N2O4S. The molecule has 150 valence electrons. The molecule has 0 aliphatic carbocycles. The summed E-state index contributed by atoms with van der Waals surface area (Å²) in [5.74, 6) is 0.666. The van der Waals surface area contributed by atoms with E-state index >= 15 is 0 Å². The van der Waals surface area contributed by atoms with Crippen LogP contribution in [0.25, 0.3) is 0 Å². The van der Waals surface area contributed by atoms with Gasteiger partial charge >= 0.3 is 0 Å². The number of amides is 1. The number of ether oxygens (including phenoxy) is 1. The average molecular weight is 403 g/mol. The van der Waals surface area contributed by atoms with Crippen molar-refractivity contribution in [2.75, 3.05) is 30.8 Å². The third-order valence-corrected chi connectivity index (χ3v) is 6.17. The van der Waals surface area contributed by atoms with Crippen LogP contribution in [0.15, 0.2) is 42.5 Å². The Hall–Kier alpha value is -2.54. The molecule has 0 fully saturated rings. The van der Waals surface area contributed by atoms with Crippen molar-refractivity contribution in [1.82, 2.24) is 4.90 Å². The van der Waals surface area contributed by atoms with E-state index in [1.165, 1.54) is 16.1 Å². The van der Waals surface area contributed by atoms with Crippen LogP contribution in [0.4, 0.5) is 5.69 Å². The predicted molar refractivity (Wildman–Crippen MR) is 111 cm³/mol. The van der Waals surface area contributed by atoms with Crippen molar-refractivity contribution in [1.29, 1.82) is 0 Å². The highest BCUT2D eigenvalue weighted by Crippen LogP contribution is 2.34. The molecule has 3 rings (SSSR count). The monoisotopic (exact) mass is 402 g/mol. The second-order valence-electron chi connectivity index (χ2n) is 7.34. The molecule has 2 aromatic rings. The Bertz CT molecular complexity index is 970. The normalized spacial score (nSPS) is 16.0. The molecule has 0 radical (unpaired) electrons. The second-order valence-corrected chi connectivity index (χ2v) is 9.20. The Morgan fingerprint density at radius 3 is 2.54 bits per heavy atom. The van der Waals surface area contributed by atoms with Gasteiger partial charge in [-0.1, -0.05) is 17.7 Å². The molecule has 0 bridgehead atoms. The SMILES string of the molecule is Cc1ccc(OCCN(C)C(=O)c2ccc3c(c2)C[C@@H](C)N3S(C)(=O)=O)cc1. The predicted octanol–water partition coefficient (Wildman–Crippen LogP) is 2.86. The highest BCUT2D eigenvalue weighted by molar-refractivity contribution is 7.92. The minimum absolute atomic E-state index is 0.110. The number of carbonyl (C=O) groups excluding carboxylic acids is 1. The number of rotatable bonds is 6. The lowest BCUT2D eigenvalue weighted by atomic mass is 10.1.